The van der Waals surface area contributed by atoms with Gasteiger partial charge < -0.3 is 19.7 Å². The Morgan fingerprint density at radius 3 is 1.39 bits per heavy atom. The lowest BCUT2D eigenvalue weighted by atomic mass is 10.1. The first-order chi connectivity index (χ1) is 30.5. The highest BCUT2D eigenvalue weighted by Crippen LogP contribution is 2.19. The highest BCUT2D eigenvalue weighted by atomic mass is 32.2. The number of amides is 2. The third-order valence-corrected chi connectivity index (χ3v) is 11.9. The van der Waals surface area contributed by atoms with Crippen LogP contribution in [0.1, 0.15) is 61.8 Å². The molecule has 64 heavy (non-hydrogen) atoms. The van der Waals surface area contributed by atoms with Crippen molar-refractivity contribution in [3.63, 3.8) is 0 Å². The molecule has 0 aliphatic heterocycles. The van der Waals surface area contributed by atoms with Gasteiger partial charge in [0.1, 0.15) is 33.3 Å². The summed E-state index contributed by atoms with van der Waals surface area (Å²) in [5.41, 5.74) is 7.53. The van der Waals surface area contributed by atoms with E-state index >= 15 is 0 Å². The number of hydrogen-bond donors (Lipinski definition) is 2. The van der Waals surface area contributed by atoms with E-state index < -0.39 is 20.2 Å². The average Bonchev–Trinajstić information content (AvgIpc) is 3.25. The first-order valence-corrected chi connectivity index (χ1v) is 23.9. The smallest absolute Gasteiger partial charge is 0.228 e. The SMILES string of the molecule is CCCC[n+]1cccc2cc(NC(=O)Cc3ccc(CC(=O)Nc4ccc5ccc[n+](CCCC)c5c4)cc3)ccc21.Cc1ccc(S(=O)(=O)[O-])cc1.Cc1ccc(S(=O)(=O)[O-])cc1. The van der Waals surface area contributed by atoms with Gasteiger partial charge in [0.25, 0.3) is 0 Å². The van der Waals surface area contributed by atoms with E-state index in [9.17, 15) is 35.5 Å². The minimum Gasteiger partial charge on any atom is -0.744 e. The molecule has 0 atom stereocenters. The molecule has 12 nitrogen and oxygen atoms in total. The van der Waals surface area contributed by atoms with Gasteiger partial charge in [-0.15, -0.1) is 0 Å². The number of nitrogens with zero attached hydrogens (tertiary/aromatic N) is 2. The van der Waals surface area contributed by atoms with Crippen molar-refractivity contribution in [3.05, 3.63) is 168 Å². The van der Waals surface area contributed by atoms with Gasteiger partial charge in [-0.3, -0.25) is 9.59 Å². The van der Waals surface area contributed by atoms with E-state index in [-0.39, 0.29) is 34.4 Å². The number of aromatic nitrogens is 2. The molecule has 0 radical (unpaired) electrons. The van der Waals surface area contributed by atoms with Crippen LogP contribution in [0, 0.1) is 13.8 Å². The van der Waals surface area contributed by atoms with E-state index in [2.05, 4.69) is 82.4 Å². The van der Waals surface area contributed by atoms with E-state index in [0.29, 0.717) is 0 Å². The zero-order valence-electron chi connectivity index (χ0n) is 36.5. The molecular weight excluding hydrogens is 849 g/mol. The highest BCUT2D eigenvalue weighted by Gasteiger charge is 2.13. The molecule has 0 fully saturated rings. The zero-order valence-corrected chi connectivity index (χ0v) is 38.1. The van der Waals surface area contributed by atoms with Crippen LogP contribution in [-0.4, -0.2) is 37.8 Å². The van der Waals surface area contributed by atoms with Gasteiger partial charge in [-0.2, -0.15) is 9.13 Å². The molecule has 0 aliphatic rings. The van der Waals surface area contributed by atoms with Crippen molar-refractivity contribution in [2.45, 2.75) is 89.1 Å². The van der Waals surface area contributed by atoms with Crippen LogP contribution in [0.5, 0.6) is 0 Å². The van der Waals surface area contributed by atoms with Gasteiger partial charge in [0, 0.05) is 59.3 Å². The second-order valence-electron chi connectivity index (χ2n) is 15.5. The third kappa shape index (κ3) is 14.9. The fourth-order valence-corrected chi connectivity index (χ4v) is 7.65. The molecule has 0 bridgehead atoms. The van der Waals surface area contributed by atoms with Gasteiger partial charge in [-0.05, 0) is 85.6 Å². The van der Waals surface area contributed by atoms with Crippen molar-refractivity contribution in [1.29, 1.82) is 0 Å². The number of nitrogens with one attached hydrogen (secondary N) is 2. The summed E-state index contributed by atoms with van der Waals surface area (Å²) >= 11 is 0. The summed E-state index contributed by atoms with van der Waals surface area (Å²) in [6, 6.07) is 39.6. The Balaban J connectivity index is 0.000000284. The molecule has 7 aromatic rings. The molecule has 2 amide bonds. The number of anilines is 2. The van der Waals surface area contributed by atoms with Crippen molar-refractivity contribution in [1.82, 2.24) is 0 Å². The molecule has 334 valence electrons. The monoisotopic (exact) mass is 902 g/mol. The largest absolute Gasteiger partial charge is 0.744 e. The normalized spacial score (nSPS) is 11.2. The van der Waals surface area contributed by atoms with E-state index in [4.69, 9.17) is 0 Å². The minimum absolute atomic E-state index is 0.0665. The number of fused-ring (bicyclic) bond motifs is 2. The lowest BCUT2D eigenvalue weighted by Gasteiger charge is -2.09. The molecule has 14 heteroatoms. The fourth-order valence-electron chi connectivity index (χ4n) is 6.71. The summed E-state index contributed by atoms with van der Waals surface area (Å²) in [4.78, 5) is 25.3. The maximum atomic E-state index is 12.8. The number of pyridine rings is 2. The molecule has 2 heterocycles. The second-order valence-corrected chi connectivity index (χ2v) is 18.2. The van der Waals surface area contributed by atoms with E-state index in [0.717, 1.165) is 88.7 Å². The van der Waals surface area contributed by atoms with Crippen LogP contribution in [0.4, 0.5) is 11.4 Å². The molecular formula is C50H54N4O8S2. The molecule has 5 aromatic carbocycles. The molecule has 7 rings (SSSR count). The van der Waals surface area contributed by atoms with Gasteiger partial charge in [-0.1, -0.05) is 86.3 Å². The van der Waals surface area contributed by atoms with Crippen molar-refractivity contribution >= 4 is 65.2 Å². The minimum atomic E-state index is -4.27. The van der Waals surface area contributed by atoms with Crippen LogP contribution in [0.15, 0.2) is 156 Å². The highest BCUT2D eigenvalue weighted by molar-refractivity contribution is 7.86. The van der Waals surface area contributed by atoms with Crippen LogP contribution in [0.3, 0.4) is 0 Å². The molecule has 0 aliphatic carbocycles. The quantitative estimate of drug-likeness (QED) is 0.0808. The van der Waals surface area contributed by atoms with Crippen molar-refractivity contribution in [2.75, 3.05) is 10.6 Å². The standard InChI is InChI=1S/C36H38N4O2.2C7H8O3S/c1-3-5-19-39-21-8-10-30-25-31(17-18-33(30)39)37-35(41)23-27-11-13-28(14-12-27)24-36(42)38-32-16-15-29-9-7-22-40(20-6-4-2)34(29)26-32;2*1-6-2-4-7(5-3-6)11(8,9)10/h7-18,21-22,25-26H,3-6,19-20,23-24H2,1-2H3;2*2-5H,1H3,(H,8,9,10). The van der Waals surface area contributed by atoms with Gasteiger partial charge in [0.05, 0.1) is 22.6 Å². The summed E-state index contributed by atoms with van der Waals surface area (Å²) in [5.74, 6) is -0.134. The van der Waals surface area contributed by atoms with Crippen LogP contribution >= 0.6 is 0 Å². The summed E-state index contributed by atoms with van der Waals surface area (Å²) in [7, 11) is -8.54. The molecule has 0 unspecified atom stereocenters. The van der Waals surface area contributed by atoms with Gasteiger partial charge >= 0.3 is 0 Å². The summed E-state index contributed by atoms with van der Waals surface area (Å²) < 4.78 is 66.8. The Hall–Kier alpha value is -6.32. The Labute approximate surface area is 376 Å². The van der Waals surface area contributed by atoms with E-state index in [1.807, 2.05) is 62.4 Å². The molecule has 0 saturated carbocycles. The maximum absolute atomic E-state index is 12.8. The number of aryl methyl sites for hydroxylation is 4. The van der Waals surface area contributed by atoms with Crippen molar-refractivity contribution in [2.24, 2.45) is 0 Å². The van der Waals surface area contributed by atoms with E-state index in [1.54, 1.807) is 24.3 Å². The zero-order chi connectivity index (χ0) is 46.3. The lowest BCUT2D eigenvalue weighted by molar-refractivity contribution is -0.672. The number of hydrogen-bond acceptors (Lipinski definition) is 8. The molecule has 2 aromatic heterocycles. The Morgan fingerprint density at radius 1 is 0.516 bits per heavy atom. The number of carbonyl (C=O) groups excluding carboxylic acids is 2. The van der Waals surface area contributed by atoms with Crippen LogP contribution in [0.2, 0.25) is 0 Å². The Kier molecular flexibility index (Phi) is 17.4. The molecule has 0 saturated heterocycles. The van der Waals surface area contributed by atoms with Crippen LogP contribution < -0.4 is 19.8 Å². The maximum Gasteiger partial charge on any atom is 0.228 e. The third-order valence-electron chi connectivity index (χ3n) is 10.2. The van der Waals surface area contributed by atoms with Crippen molar-refractivity contribution < 1.29 is 44.7 Å². The number of rotatable bonds is 14. The average molecular weight is 903 g/mol. The number of benzene rings is 5. The topological polar surface area (TPSA) is 180 Å². The second kappa shape index (κ2) is 22.9. The first kappa shape index (κ1) is 48.7. The van der Waals surface area contributed by atoms with Crippen molar-refractivity contribution in [3.8, 4) is 0 Å². The molecule has 2 N–H and O–H groups in total. The Morgan fingerprint density at radius 2 is 0.938 bits per heavy atom. The van der Waals surface area contributed by atoms with E-state index in [1.165, 1.54) is 29.8 Å². The summed E-state index contributed by atoms with van der Waals surface area (Å²) in [6.07, 6.45) is 9.27. The fraction of sp³-hybridized carbons (Fsp3) is 0.240. The van der Waals surface area contributed by atoms with Gasteiger partial charge in [0.2, 0.25) is 22.8 Å². The number of carbonyl (C=O) groups is 2. The van der Waals surface area contributed by atoms with Crippen LogP contribution in [0.25, 0.3) is 21.8 Å². The number of unbranched alkanes of at least 4 members (excludes halogenated alkanes) is 2. The first-order valence-electron chi connectivity index (χ1n) is 21.1. The van der Waals surface area contributed by atoms with Gasteiger partial charge in [-0.25, -0.2) is 16.8 Å². The molecule has 0 spiro atoms. The van der Waals surface area contributed by atoms with Gasteiger partial charge in [0.15, 0.2) is 12.4 Å². The predicted octanol–water partition coefficient (Wildman–Crippen LogP) is 8.33. The predicted molar refractivity (Wildman–Crippen MR) is 247 cm³/mol. The summed E-state index contributed by atoms with van der Waals surface area (Å²) in [5, 5.41) is 8.34. The lowest BCUT2D eigenvalue weighted by Crippen LogP contribution is -2.34. The summed E-state index contributed by atoms with van der Waals surface area (Å²) in [6.45, 7) is 9.96. The van der Waals surface area contributed by atoms with Crippen LogP contribution in [-0.2, 0) is 55.8 Å². The Bertz CT molecular complexity index is 2830.